The summed E-state index contributed by atoms with van der Waals surface area (Å²) in [6.07, 6.45) is 4.71. The molecule has 18 heavy (non-hydrogen) atoms. The van der Waals surface area contributed by atoms with Crippen LogP contribution in [0.1, 0.15) is 6.42 Å². The van der Waals surface area contributed by atoms with Gasteiger partial charge in [0.1, 0.15) is 12.1 Å². The van der Waals surface area contributed by atoms with Crippen LogP contribution >= 0.6 is 0 Å². The second-order valence-electron chi connectivity index (χ2n) is 4.20. The molecule has 0 aromatic carbocycles. The number of nitrogens with zero attached hydrogens (tertiary/aromatic N) is 3. The fourth-order valence-electron chi connectivity index (χ4n) is 1.94. The Morgan fingerprint density at radius 1 is 1.50 bits per heavy atom. The van der Waals surface area contributed by atoms with Crippen molar-refractivity contribution in [1.29, 1.82) is 0 Å². The molecule has 7 heteroatoms. The van der Waals surface area contributed by atoms with Gasteiger partial charge in [-0.15, -0.1) is 0 Å². The first-order valence-electron chi connectivity index (χ1n) is 5.88. The largest absolute Gasteiger partial charge is 0.366 e. The third-order valence-corrected chi connectivity index (χ3v) is 2.96. The molecular formula is C11H14N6O. The molecule has 7 nitrogen and oxygen atoms in total. The van der Waals surface area contributed by atoms with E-state index in [0.717, 1.165) is 31.9 Å². The fourth-order valence-corrected chi connectivity index (χ4v) is 1.94. The van der Waals surface area contributed by atoms with Crippen molar-refractivity contribution in [2.75, 3.05) is 25.0 Å². The highest BCUT2D eigenvalue weighted by atomic mass is 16.1. The van der Waals surface area contributed by atoms with Gasteiger partial charge in [-0.05, 0) is 13.0 Å². The van der Waals surface area contributed by atoms with Crippen LogP contribution in [0.15, 0.2) is 28.8 Å². The molecule has 1 aliphatic heterocycles. The number of nitrogens with one attached hydrogen (secondary N) is 3. The molecule has 0 saturated heterocycles. The van der Waals surface area contributed by atoms with Crippen molar-refractivity contribution in [3.8, 4) is 0 Å². The van der Waals surface area contributed by atoms with E-state index in [9.17, 15) is 4.79 Å². The molecule has 0 radical (unpaired) electrons. The number of H-pyrrole nitrogens is 1. The van der Waals surface area contributed by atoms with Gasteiger partial charge in [-0.2, -0.15) is 5.10 Å². The molecule has 0 spiro atoms. The maximum Gasteiger partial charge on any atom is 0.348 e. The molecule has 0 fully saturated rings. The summed E-state index contributed by atoms with van der Waals surface area (Å²) in [7, 11) is 0. The summed E-state index contributed by atoms with van der Waals surface area (Å²) in [6.45, 7) is 2.73. The number of hydrogen-bond donors (Lipinski definition) is 3. The second kappa shape index (κ2) is 4.61. The molecule has 0 aliphatic carbocycles. The number of anilines is 1. The lowest BCUT2D eigenvalue weighted by atomic mass is 10.1. The first kappa shape index (κ1) is 11.0. The van der Waals surface area contributed by atoms with Crippen molar-refractivity contribution >= 4 is 11.5 Å². The van der Waals surface area contributed by atoms with Gasteiger partial charge in [0.25, 0.3) is 0 Å². The zero-order valence-corrected chi connectivity index (χ0v) is 9.81. The predicted molar refractivity (Wildman–Crippen MR) is 67.7 cm³/mol. The molecule has 3 N–H and O–H groups in total. The molecular weight excluding hydrogens is 232 g/mol. The highest BCUT2D eigenvalue weighted by molar-refractivity contribution is 5.48. The van der Waals surface area contributed by atoms with Crippen LogP contribution in [0, 0.1) is 0 Å². The Balaban J connectivity index is 1.74. The van der Waals surface area contributed by atoms with E-state index >= 15 is 0 Å². The van der Waals surface area contributed by atoms with Crippen LogP contribution in [0.25, 0.3) is 5.65 Å². The summed E-state index contributed by atoms with van der Waals surface area (Å²) >= 11 is 0. The molecule has 2 aromatic heterocycles. The molecule has 3 rings (SSSR count). The van der Waals surface area contributed by atoms with E-state index in [1.165, 1.54) is 16.3 Å². The van der Waals surface area contributed by atoms with Crippen LogP contribution in [0.4, 0.5) is 5.82 Å². The Bertz CT molecular complexity index is 640. The topological polar surface area (TPSA) is 87.1 Å². The summed E-state index contributed by atoms with van der Waals surface area (Å²) in [5.74, 6) is 0.723. The zero-order chi connectivity index (χ0) is 12.4. The van der Waals surface area contributed by atoms with Crippen LogP contribution in [-0.2, 0) is 0 Å². The minimum atomic E-state index is -0.273. The predicted octanol–water partition coefficient (Wildman–Crippen LogP) is -0.251. The SMILES string of the molecule is O=c1[nH]nc2cc(NCC3=CCNCC3)ncn12. The fraction of sp³-hybridized carbons (Fsp3) is 0.364. The smallest absolute Gasteiger partial charge is 0.348 e. The lowest BCUT2D eigenvalue weighted by Gasteiger charge is -2.14. The summed E-state index contributed by atoms with van der Waals surface area (Å²) in [5, 5.41) is 12.8. The molecule has 0 atom stereocenters. The maximum atomic E-state index is 11.3. The highest BCUT2D eigenvalue weighted by Crippen LogP contribution is 2.08. The Labute approximate surface area is 103 Å². The molecule has 2 aromatic rings. The van der Waals surface area contributed by atoms with Crippen LogP contribution in [-0.4, -0.2) is 39.2 Å². The normalized spacial score (nSPS) is 15.7. The lowest BCUT2D eigenvalue weighted by Crippen LogP contribution is -2.23. The van der Waals surface area contributed by atoms with Crippen molar-refractivity contribution in [2.24, 2.45) is 0 Å². The van der Waals surface area contributed by atoms with Gasteiger partial charge < -0.3 is 10.6 Å². The first-order chi connectivity index (χ1) is 8.83. The van der Waals surface area contributed by atoms with Gasteiger partial charge in [-0.1, -0.05) is 11.6 Å². The van der Waals surface area contributed by atoms with Crippen molar-refractivity contribution in [2.45, 2.75) is 6.42 Å². The Kier molecular flexibility index (Phi) is 2.81. The first-order valence-corrected chi connectivity index (χ1v) is 5.88. The zero-order valence-electron chi connectivity index (χ0n) is 9.81. The molecule has 3 heterocycles. The van der Waals surface area contributed by atoms with Crippen molar-refractivity contribution in [1.82, 2.24) is 24.9 Å². The minimum absolute atomic E-state index is 0.273. The van der Waals surface area contributed by atoms with E-state index < -0.39 is 0 Å². The van der Waals surface area contributed by atoms with Gasteiger partial charge >= 0.3 is 5.69 Å². The quantitative estimate of drug-likeness (QED) is 0.650. The molecule has 0 saturated carbocycles. The summed E-state index contributed by atoms with van der Waals surface area (Å²) < 4.78 is 1.37. The Hall–Kier alpha value is -2.15. The standard InChI is InChI=1S/C11H14N6O/c18-11-16-15-10-5-9(14-7-17(10)11)13-6-8-1-3-12-4-2-8/h1,5,7,12-13H,2-4,6H2,(H,16,18). The van der Waals surface area contributed by atoms with Gasteiger partial charge in [-0.25, -0.2) is 19.3 Å². The molecule has 0 amide bonds. The number of rotatable bonds is 3. The average Bonchev–Trinajstić information content (AvgIpc) is 2.79. The Morgan fingerprint density at radius 2 is 2.44 bits per heavy atom. The monoisotopic (exact) mass is 246 g/mol. The van der Waals surface area contributed by atoms with Gasteiger partial charge in [0.2, 0.25) is 0 Å². The summed E-state index contributed by atoms with van der Waals surface area (Å²) in [6, 6.07) is 1.75. The van der Waals surface area contributed by atoms with Gasteiger partial charge in [0.15, 0.2) is 5.65 Å². The summed E-state index contributed by atoms with van der Waals surface area (Å²) in [4.78, 5) is 15.4. The highest BCUT2D eigenvalue weighted by Gasteiger charge is 2.05. The van der Waals surface area contributed by atoms with Crippen LogP contribution in [0.3, 0.4) is 0 Å². The van der Waals surface area contributed by atoms with Gasteiger partial charge in [-0.3, -0.25) is 0 Å². The van der Waals surface area contributed by atoms with Crippen LogP contribution in [0.2, 0.25) is 0 Å². The molecule has 0 unspecified atom stereocenters. The summed E-state index contributed by atoms with van der Waals surface area (Å²) in [5.41, 5.74) is 1.66. The van der Waals surface area contributed by atoms with E-state index in [-0.39, 0.29) is 5.69 Å². The maximum absolute atomic E-state index is 11.3. The van der Waals surface area contributed by atoms with Crippen molar-refractivity contribution in [3.63, 3.8) is 0 Å². The van der Waals surface area contributed by atoms with E-state index in [1.807, 2.05) is 0 Å². The number of aromatic amines is 1. The van der Waals surface area contributed by atoms with E-state index in [0.29, 0.717) is 5.65 Å². The second-order valence-corrected chi connectivity index (χ2v) is 4.20. The molecule has 94 valence electrons. The van der Waals surface area contributed by atoms with Gasteiger partial charge in [0, 0.05) is 19.2 Å². The van der Waals surface area contributed by atoms with Crippen LogP contribution < -0.4 is 16.3 Å². The van der Waals surface area contributed by atoms with Gasteiger partial charge in [0.05, 0.1) is 0 Å². The van der Waals surface area contributed by atoms with Crippen molar-refractivity contribution in [3.05, 3.63) is 34.5 Å². The third-order valence-electron chi connectivity index (χ3n) is 2.96. The molecule has 1 aliphatic rings. The van der Waals surface area contributed by atoms with E-state index in [4.69, 9.17) is 0 Å². The lowest BCUT2D eigenvalue weighted by molar-refractivity contribution is 0.697. The van der Waals surface area contributed by atoms with E-state index in [1.54, 1.807) is 6.07 Å². The number of hydrogen-bond acceptors (Lipinski definition) is 5. The third kappa shape index (κ3) is 2.12. The Morgan fingerprint density at radius 3 is 3.28 bits per heavy atom. The number of aromatic nitrogens is 4. The average molecular weight is 246 g/mol. The van der Waals surface area contributed by atoms with Crippen molar-refractivity contribution < 1.29 is 0 Å². The molecule has 0 bridgehead atoms. The van der Waals surface area contributed by atoms with E-state index in [2.05, 4.69) is 31.9 Å². The minimum Gasteiger partial charge on any atom is -0.366 e. The number of fused-ring (bicyclic) bond motifs is 1. The van der Waals surface area contributed by atoms with Crippen LogP contribution in [0.5, 0.6) is 0 Å².